The van der Waals surface area contributed by atoms with Gasteiger partial charge < -0.3 is 13.9 Å². The normalized spacial score (nSPS) is 12.2. The van der Waals surface area contributed by atoms with Gasteiger partial charge in [-0.05, 0) is 49.9 Å². The fraction of sp³-hybridized carbons (Fsp3) is 0.444. The molecule has 0 N–H and O–H groups in total. The second-order valence-electron chi connectivity index (χ2n) is 5.61. The summed E-state index contributed by atoms with van der Waals surface area (Å²) in [5.41, 5.74) is 1.88. The third-order valence-electron chi connectivity index (χ3n) is 3.67. The predicted octanol–water partition coefficient (Wildman–Crippen LogP) is 3.38. The monoisotopic (exact) mass is 318 g/mol. The van der Waals surface area contributed by atoms with Crippen molar-refractivity contribution in [1.82, 2.24) is 0 Å². The molecule has 0 aliphatic heterocycles. The molecule has 0 aliphatic rings. The molecule has 0 saturated heterocycles. The van der Waals surface area contributed by atoms with Crippen LogP contribution < -0.4 is 10.4 Å². The highest BCUT2D eigenvalue weighted by molar-refractivity contribution is 5.88. The molecule has 0 spiro atoms. The van der Waals surface area contributed by atoms with Crippen molar-refractivity contribution in [3.05, 3.63) is 39.7 Å². The molecule has 0 fully saturated rings. The molecule has 0 aliphatic carbocycles. The van der Waals surface area contributed by atoms with Crippen molar-refractivity contribution in [2.45, 2.75) is 46.1 Å². The van der Waals surface area contributed by atoms with E-state index in [1.807, 2.05) is 19.1 Å². The Labute approximate surface area is 135 Å². The Morgan fingerprint density at radius 3 is 2.70 bits per heavy atom. The highest BCUT2D eigenvalue weighted by Gasteiger charge is 2.19. The zero-order chi connectivity index (χ0) is 17.0. The average molecular weight is 318 g/mol. The van der Waals surface area contributed by atoms with Gasteiger partial charge in [0.25, 0.3) is 0 Å². The summed E-state index contributed by atoms with van der Waals surface area (Å²) in [5.74, 6) is 0.0832. The van der Waals surface area contributed by atoms with Crippen LogP contribution in [0.15, 0.2) is 27.4 Å². The Bertz CT molecular complexity index is 760. The highest BCUT2D eigenvalue weighted by atomic mass is 16.6. The number of carbonyl (C=O) groups excluding carboxylic acids is 1. The van der Waals surface area contributed by atoms with Crippen LogP contribution in [-0.2, 0) is 16.0 Å². The van der Waals surface area contributed by atoms with E-state index < -0.39 is 12.1 Å². The van der Waals surface area contributed by atoms with Crippen LogP contribution in [0.2, 0.25) is 0 Å². The minimum atomic E-state index is -0.740. The number of hydrogen-bond acceptors (Lipinski definition) is 5. The summed E-state index contributed by atoms with van der Waals surface area (Å²) < 4.78 is 15.8. The van der Waals surface area contributed by atoms with Crippen LogP contribution >= 0.6 is 0 Å². The lowest BCUT2D eigenvalue weighted by molar-refractivity contribution is -0.147. The van der Waals surface area contributed by atoms with E-state index in [1.54, 1.807) is 6.92 Å². The number of rotatable bonds is 6. The number of methoxy groups -OCH3 is 1. The van der Waals surface area contributed by atoms with Crippen LogP contribution in [0, 0.1) is 6.92 Å². The zero-order valence-corrected chi connectivity index (χ0v) is 14.0. The van der Waals surface area contributed by atoms with Gasteiger partial charge in [0.05, 0.1) is 12.5 Å². The fourth-order valence-corrected chi connectivity index (χ4v) is 2.53. The topological polar surface area (TPSA) is 65.7 Å². The fourth-order valence-electron chi connectivity index (χ4n) is 2.53. The quantitative estimate of drug-likeness (QED) is 0.603. The molecule has 0 amide bonds. The SMILES string of the molecule is CCCCc1cc(=O)oc2cc(C)cc(O[C@H](C)C(=O)OC)c12. The van der Waals surface area contributed by atoms with Gasteiger partial charge in [0, 0.05) is 6.07 Å². The molecule has 5 heteroatoms. The van der Waals surface area contributed by atoms with E-state index in [0.717, 1.165) is 35.8 Å². The number of aryl methyl sites for hydroxylation is 2. The smallest absolute Gasteiger partial charge is 0.346 e. The Balaban J connectivity index is 2.57. The van der Waals surface area contributed by atoms with Crippen molar-refractivity contribution < 1.29 is 18.7 Å². The standard InChI is InChI=1S/C18H22O5/c1-5-6-7-13-10-16(19)23-15-9-11(2)8-14(17(13)15)22-12(3)18(20)21-4/h8-10,12H,5-7H2,1-4H3/t12-/m1/s1. The number of ether oxygens (including phenoxy) is 2. The number of fused-ring (bicyclic) bond motifs is 1. The van der Waals surface area contributed by atoms with Crippen LogP contribution in [0.25, 0.3) is 11.0 Å². The van der Waals surface area contributed by atoms with Crippen LogP contribution in [-0.4, -0.2) is 19.2 Å². The minimum Gasteiger partial charge on any atom is -0.478 e. The maximum absolute atomic E-state index is 11.8. The minimum absolute atomic E-state index is 0.374. The second kappa shape index (κ2) is 7.31. The molecule has 2 aromatic rings. The van der Waals surface area contributed by atoms with E-state index in [2.05, 4.69) is 6.92 Å². The number of benzene rings is 1. The van der Waals surface area contributed by atoms with Gasteiger partial charge in [-0.1, -0.05) is 13.3 Å². The maximum atomic E-state index is 11.8. The first kappa shape index (κ1) is 17.1. The van der Waals surface area contributed by atoms with Crippen molar-refractivity contribution in [3.63, 3.8) is 0 Å². The first-order valence-corrected chi connectivity index (χ1v) is 7.78. The van der Waals surface area contributed by atoms with Crippen LogP contribution in [0.3, 0.4) is 0 Å². The molecule has 2 rings (SSSR count). The van der Waals surface area contributed by atoms with Crippen molar-refractivity contribution in [2.24, 2.45) is 0 Å². The predicted molar refractivity (Wildman–Crippen MR) is 87.9 cm³/mol. The van der Waals surface area contributed by atoms with E-state index in [-0.39, 0.29) is 5.63 Å². The molecule has 5 nitrogen and oxygen atoms in total. The third-order valence-corrected chi connectivity index (χ3v) is 3.67. The van der Waals surface area contributed by atoms with Crippen molar-refractivity contribution in [1.29, 1.82) is 0 Å². The van der Waals surface area contributed by atoms with Crippen LogP contribution in [0.4, 0.5) is 0 Å². The Morgan fingerprint density at radius 1 is 1.30 bits per heavy atom. The van der Waals surface area contributed by atoms with Gasteiger partial charge in [-0.3, -0.25) is 0 Å². The lowest BCUT2D eigenvalue weighted by Crippen LogP contribution is -2.25. The van der Waals surface area contributed by atoms with E-state index in [1.165, 1.54) is 13.2 Å². The lowest BCUT2D eigenvalue weighted by Gasteiger charge is -2.16. The summed E-state index contributed by atoms with van der Waals surface area (Å²) in [4.78, 5) is 23.4. The molecule has 0 radical (unpaired) electrons. The summed E-state index contributed by atoms with van der Waals surface area (Å²) in [5, 5.41) is 0.749. The maximum Gasteiger partial charge on any atom is 0.346 e. The number of hydrogen-bond donors (Lipinski definition) is 0. The molecule has 23 heavy (non-hydrogen) atoms. The molecule has 0 saturated carbocycles. The number of carbonyl (C=O) groups is 1. The largest absolute Gasteiger partial charge is 0.478 e. The van der Waals surface area contributed by atoms with E-state index in [9.17, 15) is 9.59 Å². The molecule has 124 valence electrons. The van der Waals surface area contributed by atoms with Gasteiger partial charge in [-0.15, -0.1) is 0 Å². The van der Waals surface area contributed by atoms with Crippen LogP contribution in [0.1, 0.15) is 37.8 Å². The van der Waals surface area contributed by atoms with Gasteiger partial charge >= 0.3 is 11.6 Å². The molecule has 1 atom stereocenters. The zero-order valence-electron chi connectivity index (χ0n) is 14.0. The highest BCUT2D eigenvalue weighted by Crippen LogP contribution is 2.31. The Hall–Kier alpha value is -2.30. The van der Waals surface area contributed by atoms with E-state index in [0.29, 0.717) is 11.3 Å². The Kier molecular flexibility index (Phi) is 5.42. The van der Waals surface area contributed by atoms with Crippen LogP contribution in [0.5, 0.6) is 5.75 Å². The molecule has 0 bridgehead atoms. The molecule has 0 unspecified atom stereocenters. The summed E-state index contributed by atoms with van der Waals surface area (Å²) in [7, 11) is 1.32. The summed E-state index contributed by atoms with van der Waals surface area (Å²) in [6, 6.07) is 5.15. The Morgan fingerprint density at radius 2 is 2.04 bits per heavy atom. The first-order chi connectivity index (χ1) is 11.0. The van der Waals surface area contributed by atoms with Gasteiger partial charge in [0.1, 0.15) is 11.3 Å². The second-order valence-corrected chi connectivity index (χ2v) is 5.61. The molecular formula is C18H22O5. The molecule has 1 heterocycles. The van der Waals surface area contributed by atoms with E-state index in [4.69, 9.17) is 13.9 Å². The van der Waals surface area contributed by atoms with E-state index >= 15 is 0 Å². The van der Waals surface area contributed by atoms with Crippen molar-refractivity contribution >= 4 is 16.9 Å². The average Bonchev–Trinajstić information content (AvgIpc) is 2.50. The lowest BCUT2D eigenvalue weighted by atomic mass is 10.0. The first-order valence-electron chi connectivity index (χ1n) is 7.78. The summed E-state index contributed by atoms with van der Waals surface area (Å²) >= 11 is 0. The van der Waals surface area contributed by atoms with Crippen molar-refractivity contribution in [3.8, 4) is 5.75 Å². The number of esters is 1. The number of unbranched alkanes of at least 4 members (excludes halogenated alkanes) is 1. The molecule has 1 aromatic heterocycles. The van der Waals surface area contributed by atoms with Gasteiger partial charge in [-0.2, -0.15) is 0 Å². The van der Waals surface area contributed by atoms with Gasteiger partial charge in [0.15, 0.2) is 6.10 Å². The van der Waals surface area contributed by atoms with Gasteiger partial charge in [0.2, 0.25) is 0 Å². The summed E-state index contributed by atoms with van der Waals surface area (Å²) in [6.45, 7) is 5.60. The summed E-state index contributed by atoms with van der Waals surface area (Å²) in [6.07, 6.45) is 1.99. The van der Waals surface area contributed by atoms with Crippen molar-refractivity contribution in [2.75, 3.05) is 7.11 Å². The van der Waals surface area contributed by atoms with Gasteiger partial charge in [-0.25, -0.2) is 9.59 Å². The third kappa shape index (κ3) is 3.92. The molecular weight excluding hydrogens is 296 g/mol. The molecule has 1 aromatic carbocycles.